The van der Waals surface area contributed by atoms with E-state index in [1.54, 1.807) is 19.8 Å². The molecule has 0 aromatic rings. The molecule has 10 heteroatoms. The number of nitrogens with one attached hydrogen (secondary N) is 3. The third-order valence-electron chi connectivity index (χ3n) is 4.85. The van der Waals surface area contributed by atoms with Gasteiger partial charge in [0.15, 0.2) is 12.4 Å². The molecule has 1 heterocycles. The Bertz CT molecular complexity index is 743. The van der Waals surface area contributed by atoms with Crippen LogP contribution in [0.2, 0.25) is 0 Å². The van der Waals surface area contributed by atoms with Crippen molar-refractivity contribution in [2.45, 2.75) is 65.5 Å². The van der Waals surface area contributed by atoms with Gasteiger partial charge in [0.25, 0.3) is 0 Å². The first kappa shape index (κ1) is 27.1. The van der Waals surface area contributed by atoms with Crippen LogP contribution in [0.4, 0.5) is 0 Å². The van der Waals surface area contributed by atoms with Crippen LogP contribution in [0.5, 0.6) is 0 Å². The van der Waals surface area contributed by atoms with Crippen LogP contribution in [0.25, 0.3) is 0 Å². The number of terminal acetylenes is 1. The zero-order chi connectivity index (χ0) is 24.3. The molecule has 1 saturated heterocycles. The molecule has 0 aliphatic carbocycles. The number of carbonyl (C=O) groups is 5. The van der Waals surface area contributed by atoms with E-state index >= 15 is 0 Å². The average Bonchev–Trinajstić information content (AvgIpc) is 2.74. The molecule has 0 aromatic carbocycles. The zero-order valence-corrected chi connectivity index (χ0v) is 19.2. The predicted molar refractivity (Wildman–Crippen MR) is 117 cm³/mol. The first-order chi connectivity index (χ1) is 15.1. The van der Waals surface area contributed by atoms with Gasteiger partial charge in [-0.3, -0.25) is 24.2 Å². The molecule has 0 bridgehead atoms. The highest BCUT2D eigenvalue weighted by atomic mass is 16.5. The number of Topliss-reactive ketones (excluding diaryl/α,β-unsaturated/α-hetero) is 1. The quantitative estimate of drug-likeness (QED) is 0.228. The van der Waals surface area contributed by atoms with Gasteiger partial charge in [-0.1, -0.05) is 27.7 Å². The molecule has 1 fully saturated rings. The van der Waals surface area contributed by atoms with Crippen LogP contribution in [0, 0.1) is 24.2 Å². The molecular formula is C22H34N4O6. The molecule has 10 nitrogen and oxygen atoms in total. The monoisotopic (exact) mass is 450 g/mol. The van der Waals surface area contributed by atoms with Crippen LogP contribution in [0.1, 0.15) is 53.4 Å². The minimum absolute atomic E-state index is 0.0369. The standard InChI is InChI=1S/C22H34N4O6/c1-6-20(30)32-13-17(27)21(15(4)5)25-22(31)16-8-7-10-24-26(16)19(29)9-11-23-18(28)12-14(2)3/h1,14-16,21,24H,7-13H2,2-5H3,(H,23,28)(H,25,31)/t16-,21-/m0/s1. The molecule has 3 amide bonds. The second-order valence-corrected chi connectivity index (χ2v) is 8.44. The molecule has 1 aliphatic rings. The highest BCUT2D eigenvalue weighted by Crippen LogP contribution is 2.14. The van der Waals surface area contributed by atoms with Crippen molar-refractivity contribution in [3.05, 3.63) is 0 Å². The van der Waals surface area contributed by atoms with Gasteiger partial charge in [-0.25, -0.2) is 10.2 Å². The summed E-state index contributed by atoms with van der Waals surface area (Å²) in [6, 6.07) is -1.70. The number of hydrogen-bond acceptors (Lipinski definition) is 7. The number of ether oxygens (including phenoxy) is 1. The van der Waals surface area contributed by atoms with Crippen LogP contribution in [-0.2, 0) is 28.7 Å². The van der Waals surface area contributed by atoms with Gasteiger partial charge < -0.3 is 15.4 Å². The maximum Gasteiger partial charge on any atom is 0.384 e. The first-order valence-corrected chi connectivity index (χ1v) is 10.9. The van der Waals surface area contributed by atoms with Gasteiger partial charge in [-0.15, -0.1) is 6.42 Å². The Hall–Kier alpha value is -2.93. The molecular weight excluding hydrogens is 416 g/mol. The van der Waals surface area contributed by atoms with E-state index in [1.165, 1.54) is 5.01 Å². The van der Waals surface area contributed by atoms with E-state index in [4.69, 9.17) is 6.42 Å². The van der Waals surface area contributed by atoms with Crippen LogP contribution in [0.15, 0.2) is 0 Å². The first-order valence-electron chi connectivity index (χ1n) is 10.9. The van der Waals surface area contributed by atoms with E-state index in [0.29, 0.717) is 25.8 Å². The Labute approximate surface area is 189 Å². The number of nitrogens with zero attached hydrogens (tertiary/aromatic N) is 1. The van der Waals surface area contributed by atoms with E-state index in [2.05, 4.69) is 20.8 Å². The van der Waals surface area contributed by atoms with Gasteiger partial charge in [0.1, 0.15) is 6.04 Å². The van der Waals surface area contributed by atoms with Crippen molar-refractivity contribution in [1.29, 1.82) is 0 Å². The van der Waals surface area contributed by atoms with Gasteiger partial charge >= 0.3 is 5.97 Å². The molecule has 1 aliphatic heterocycles. The third-order valence-corrected chi connectivity index (χ3v) is 4.85. The summed E-state index contributed by atoms with van der Waals surface area (Å²) in [5.74, 6) is -0.690. The molecule has 1 rings (SSSR count). The second-order valence-electron chi connectivity index (χ2n) is 8.44. The Morgan fingerprint density at radius 1 is 1.19 bits per heavy atom. The van der Waals surface area contributed by atoms with Gasteiger partial charge in [-0.2, -0.15) is 0 Å². The Kier molecular flexibility index (Phi) is 11.4. The minimum Gasteiger partial charge on any atom is -0.448 e. The summed E-state index contributed by atoms with van der Waals surface area (Å²) >= 11 is 0. The van der Waals surface area contributed by atoms with Crippen molar-refractivity contribution < 1.29 is 28.7 Å². The molecule has 178 valence electrons. The average molecular weight is 451 g/mol. The fraction of sp³-hybridized carbons (Fsp3) is 0.682. The lowest BCUT2D eigenvalue weighted by atomic mass is 9.98. The highest BCUT2D eigenvalue weighted by Gasteiger charge is 2.35. The molecule has 32 heavy (non-hydrogen) atoms. The smallest absolute Gasteiger partial charge is 0.384 e. The number of amides is 3. The van der Waals surface area contributed by atoms with E-state index in [9.17, 15) is 24.0 Å². The summed E-state index contributed by atoms with van der Waals surface area (Å²) in [5.41, 5.74) is 2.93. The summed E-state index contributed by atoms with van der Waals surface area (Å²) < 4.78 is 4.67. The lowest BCUT2D eigenvalue weighted by molar-refractivity contribution is -0.148. The minimum atomic E-state index is -0.957. The maximum absolute atomic E-state index is 12.9. The Balaban J connectivity index is 2.71. The maximum atomic E-state index is 12.9. The number of esters is 1. The summed E-state index contributed by atoms with van der Waals surface area (Å²) in [7, 11) is 0. The van der Waals surface area contributed by atoms with Gasteiger partial charge in [0.05, 0.1) is 6.04 Å². The Morgan fingerprint density at radius 3 is 2.47 bits per heavy atom. The molecule has 0 spiro atoms. The van der Waals surface area contributed by atoms with Crippen molar-refractivity contribution in [1.82, 2.24) is 21.1 Å². The number of hydrazine groups is 1. The molecule has 0 aromatic heterocycles. The van der Waals surface area contributed by atoms with Crippen LogP contribution in [0.3, 0.4) is 0 Å². The third kappa shape index (κ3) is 9.06. The fourth-order valence-electron chi connectivity index (χ4n) is 3.25. The van der Waals surface area contributed by atoms with Gasteiger partial charge in [-0.05, 0) is 24.7 Å². The van der Waals surface area contributed by atoms with Crippen molar-refractivity contribution in [3.8, 4) is 12.3 Å². The van der Waals surface area contributed by atoms with E-state index < -0.39 is 36.4 Å². The SMILES string of the molecule is C#CC(=O)OCC(=O)[C@@H](NC(=O)[C@@H]1CCCNN1C(=O)CCNC(=O)CC(C)C)C(C)C. The van der Waals surface area contributed by atoms with Crippen molar-refractivity contribution in [2.24, 2.45) is 11.8 Å². The van der Waals surface area contributed by atoms with Crippen molar-refractivity contribution >= 4 is 29.5 Å². The van der Waals surface area contributed by atoms with E-state index in [1.807, 2.05) is 13.8 Å². The molecule has 0 saturated carbocycles. The molecule has 2 atom stereocenters. The van der Waals surface area contributed by atoms with Crippen LogP contribution in [-0.4, -0.2) is 66.3 Å². The lowest BCUT2D eigenvalue weighted by Crippen LogP contribution is -2.61. The van der Waals surface area contributed by atoms with Gasteiger partial charge in [0, 0.05) is 31.9 Å². The normalized spacial score (nSPS) is 16.8. The molecule has 0 unspecified atom stereocenters. The number of rotatable bonds is 11. The highest BCUT2D eigenvalue weighted by molar-refractivity contribution is 5.95. The summed E-state index contributed by atoms with van der Waals surface area (Å²) in [6.45, 7) is 7.50. The summed E-state index contributed by atoms with van der Waals surface area (Å²) in [6.07, 6.45) is 6.43. The number of hydrogen-bond donors (Lipinski definition) is 3. The Morgan fingerprint density at radius 2 is 1.88 bits per heavy atom. The van der Waals surface area contributed by atoms with E-state index in [-0.39, 0.29) is 36.6 Å². The van der Waals surface area contributed by atoms with Crippen molar-refractivity contribution in [2.75, 3.05) is 19.7 Å². The zero-order valence-electron chi connectivity index (χ0n) is 19.2. The summed E-state index contributed by atoms with van der Waals surface area (Å²) in [5, 5.41) is 6.65. The predicted octanol–water partition coefficient (Wildman–Crippen LogP) is -0.0793. The topological polar surface area (TPSA) is 134 Å². The lowest BCUT2D eigenvalue weighted by Gasteiger charge is -2.36. The second kappa shape index (κ2) is 13.5. The fourth-order valence-corrected chi connectivity index (χ4v) is 3.25. The van der Waals surface area contributed by atoms with Crippen LogP contribution >= 0.6 is 0 Å². The number of carbonyl (C=O) groups excluding carboxylic acids is 5. The largest absolute Gasteiger partial charge is 0.448 e. The molecule has 3 N–H and O–H groups in total. The van der Waals surface area contributed by atoms with E-state index in [0.717, 1.165) is 0 Å². The summed E-state index contributed by atoms with van der Waals surface area (Å²) in [4.78, 5) is 60.9. The van der Waals surface area contributed by atoms with Crippen LogP contribution < -0.4 is 16.1 Å². The molecule has 0 radical (unpaired) electrons. The van der Waals surface area contributed by atoms with Gasteiger partial charge in [0.2, 0.25) is 17.7 Å². The number of ketones is 1. The van der Waals surface area contributed by atoms with Crippen molar-refractivity contribution in [3.63, 3.8) is 0 Å².